The van der Waals surface area contributed by atoms with Gasteiger partial charge < -0.3 is 15.3 Å². The summed E-state index contributed by atoms with van der Waals surface area (Å²) >= 11 is 0. The van der Waals surface area contributed by atoms with Gasteiger partial charge in [0.05, 0.1) is 6.04 Å². The number of carbonyl (C=O) groups is 2. The molecule has 0 saturated carbocycles. The van der Waals surface area contributed by atoms with Crippen molar-refractivity contribution in [1.82, 2.24) is 10.2 Å². The van der Waals surface area contributed by atoms with Crippen LogP contribution >= 0.6 is 0 Å². The van der Waals surface area contributed by atoms with E-state index in [0.29, 0.717) is 0 Å². The molecule has 2 N–H and O–H groups in total. The predicted molar refractivity (Wildman–Crippen MR) is 60.1 cm³/mol. The molecule has 1 saturated heterocycles. The molecular formula is C11H20N2O3. The van der Waals surface area contributed by atoms with Crippen LogP contribution in [-0.4, -0.2) is 46.6 Å². The molecule has 1 heterocycles. The molecular weight excluding hydrogens is 208 g/mol. The maximum atomic E-state index is 12.1. The van der Waals surface area contributed by atoms with E-state index in [-0.39, 0.29) is 18.5 Å². The molecule has 5 heteroatoms. The van der Waals surface area contributed by atoms with Gasteiger partial charge in [-0.25, -0.2) is 0 Å². The smallest absolute Gasteiger partial charge is 0.323 e. The first-order valence-corrected chi connectivity index (χ1v) is 5.59. The van der Waals surface area contributed by atoms with Crippen LogP contribution in [0.2, 0.25) is 0 Å². The van der Waals surface area contributed by atoms with Crippen molar-refractivity contribution < 1.29 is 14.7 Å². The van der Waals surface area contributed by atoms with Crippen LogP contribution in [0.5, 0.6) is 0 Å². The lowest BCUT2D eigenvalue weighted by Gasteiger charge is -2.36. The first-order valence-electron chi connectivity index (χ1n) is 5.59. The molecule has 92 valence electrons. The number of nitrogens with one attached hydrogen (secondary N) is 1. The topological polar surface area (TPSA) is 69.6 Å². The summed E-state index contributed by atoms with van der Waals surface area (Å²) in [5.41, 5.74) is -0.459. The molecule has 5 nitrogen and oxygen atoms in total. The van der Waals surface area contributed by atoms with E-state index >= 15 is 0 Å². The van der Waals surface area contributed by atoms with Gasteiger partial charge in [-0.15, -0.1) is 0 Å². The fourth-order valence-electron chi connectivity index (χ4n) is 1.86. The minimum atomic E-state index is -0.971. The number of carboxylic acid groups (broad SMARTS) is 1. The van der Waals surface area contributed by atoms with Crippen LogP contribution in [0.1, 0.15) is 33.6 Å². The van der Waals surface area contributed by atoms with E-state index < -0.39 is 11.5 Å². The minimum Gasteiger partial charge on any atom is -0.480 e. The third-order valence-electron chi connectivity index (χ3n) is 2.73. The summed E-state index contributed by atoms with van der Waals surface area (Å²) in [5.74, 6) is -1.08. The molecule has 1 aliphatic rings. The highest BCUT2D eigenvalue weighted by Gasteiger charge is 2.34. The van der Waals surface area contributed by atoms with Crippen molar-refractivity contribution in [2.24, 2.45) is 0 Å². The fraction of sp³-hybridized carbons (Fsp3) is 0.818. The zero-order valence-electron chi connectivity index (χ0n) is 10.1. The average molecular weight is 228 g/mol. The summed E-state index contributed by atoms with van der Waals surface area (Å²) in [5, 5.41) is 11.9. The molecule has 0 radical (unpaired) electrons. The number of amides is 1. The Labute approximate surface area is 95.8 Å². The van der Waals surface area contributed by atoms with Crippen molar-refractivity contribution in [3.05, 3.63) is 0 Å². The van der Waals surface area contributed by atoms with E-state index in [4.69, 9.17) is 5.11 Å². The van der Waals surface area contributed by atoms with Crippen molar-refractivity contribution in [3.8, 4) is 0 Å². The maximum Gasteiger partial charge on any atom is 0.323 e. The van der Waals surface area contributed by atoms with Crippen LogP contribution in [0.3, 0.4) is 0 Å². The Bertz CT molecular complexity index is 277. The predicted octanol–water partition coefficient (Wildman–Crippen LogP) is 0.450. The number of nitrogens with zero attached hydrogens (tertiary/aromatic N) is 1. The van der Waals surface area contributed by atoms with Gasteiger partial charge in [0.2, 0.25) is 5.91 Å². The molecule has 1 fully saturated rings. The summed E-state index contributed by atoms with van der Waals surface area (Å²) in [6.07, 6.45) is 1.77. The molecule has 0 aromatic heterocycles. The van der Waals surface area contributed by atoms with Gasteiger partial charge in [-0.05, 0) is 40.2 Å². The molecule has 16 heavy (non-hydrogen) atoms. The number of carboxylic acids is 1. The lowest BCUT2D eigenvalue weighted by molar-refractivity contribution is -0.149. The molecule has 0 aromatic carbocycles. The second-order valence-electron chi connectivity index (χ2n) is 5.14. The van der Waals surface area contributed by atoms with Crippen LogP contribution in [0, 0.1) is 0 Å². The summed E-state index contributed by atoms with van der Waals surface area (Å²) in [7, 11) is 0. The number of aliphatic carboxylic acids is 1. The normalized spacial score (nSPS) is 20.8. The monoisotopic (exact) mass is 228 g/mol. The summed E-state index contributed by atoms with van der Waals surface area (Å²) < 4.78 is 0. The third kappa shape index (κ3) is 3.20. The van der Waals surface area contributed by atoms with Gasteiger partial charge in [-0.2, -0.15) is 0 Å². The number of hydrogen-bond donors (Lipinski definition) is 2. The average Bonchev–Trinajstić information content (AvgIpc) is 2.63. The maximum absolute atomic E-state index is 12.1. The first kappa shape index (κ1) is 13.0. The Hall–Kier alpha value is -1.10. The van der Waals surface area contributed by atoms with E-state index in [1.54, 1.807) is 0 Å². The van der Waals surface area contributed by atoms with Crippen molar-refractivity contribution in [1.29, 1.82) is 0 Å². The van der Waals surface area contributed by atoms with Gasteiger partial charge >= 0.3 is 5.97 Å². The molecule has 0 spiro atoms. The van der Waals surface area contributed by atoms with Gasteiger partial charge in [0.15, 0.2) is 0 Å². The number of carbonyl (C=O) groups excluding carboxylic acids is 1. The summed E-state index contributed by atoms with van der Waals surface area (Å²) in [6, 6.07) is -0.210. The SMILES string of the molecule is CC(C)(C)N(CC(=O)O)C(=O)[C@@H]1CCCN1. The molecule has 1 amide bonds. The zero-order valence-corrected chi connectivity index (χ0v) is 10.1. The Morgan fingerprint density at radius 1 is 1.44 bits per heavy atom. The molecule has 1 aliphatic heterocycles. The van der Waals surface area contributed by atoms with Crippen LogP contribution in [0.15, 0.2) is 0 Å². The quantitative estimate of drug-likeness (QED) is 0.736. The molecule has 0 aliphatic carbocycles. The Morgan fingerprint density at radius 2 is 2.06 bits per heavy atom. The van der Waals surface area contributed by atoms with Crippen LogP contribution in [0.4, 0.5) is 0 Å². The molecule has 1 atom stereocenters. The standard InChI is InChI=1S/C11H20N2O3/c1-11(2,3)13(7-9(14)15)10(16)8-5-4-6-12-8/h8,12H,4-7H2,1-3H3,(H,14,15)/t8-/m0/s1. The van der Waals surface area contributed by atoms with Gasteiger partial charge in [0.1, 0.15) is 6.54 Å². The highest BCUT2D eigenvalue weighted by Crippen LogP contribution is 2.17. The minimum absolute atomic E-state index is 0.104. The highest BCUT2D eigenvalue weighted by molar-refractivity contribution is 5.86. The van der Waals surface area contributed by atoms with Gasteiger partial charge in [-0.1, -0.05) is 0 Å². The second kappa shape index (κ2) is 4.82. The Kier molecular flexibility index (Phi) is 3.91. The van der Waals surface area contributed by atoms with E-state index in [9.17, 15) is 9.59 Å². The van der Waals surface area contributed by atoms with Gasteiger partial charge in [0, 0.05) is 5.54 Å². The van der Waals surface area contributed by atoms with Crippen LogP contribution in [0.25, 0.3) is 0 Å². The number of hydrogen-bond acceptors (Lipinski definition) is 3. The van der Waals surface area contributed by atoms with Crippen LogP contribution in [-0.2, 0) is 9.59 Å². The van der Waals surface area contributed by atoms with E-state index in [2.05, 4.69) is 5.32 Å². The fourth-order valence-corrected chi connectivity index (χ4v) is 1.86. The molecule has 0 bridgehead atoms. The van der Waals surface area contributed by atoms with E-state index in [0.717, 1.165) is 19.4 Å². The Balaban J connectivity index is 2.75. The van der Waals surface area contributed by atoms with Crippen molar-refractivity contribution >= 4 is 11.9 Å². The highest BCUT2D eigenvalue weighted by atomic mass is 16.4. The lowest BCUT2D eigenvalue weighted by Crippen LogP contribution is -2.53. The lowest BCUT2D eigenvalue weighted by atomic mass is 10.0. The van der Waals surface area contributed by atoms with Gasteiger partial charge in [-0.3, -0.25) is 9.59 Å². The first-order chi connectivity index (χ1) is 7.32. The Morgan fingerprint density at radius 3 is 2.44 bits per heavy atom. The zero-order chi connectivity index (χ0) is 12.3. The second-order valence-corrected chi connectivity index (χ2v) is 5.14. The van der Waals surface area contributed by atoms with Gasteiger partial charge in [0.25, 0.3) is 0 Å². The third-order valence-corrected chi connectivity index (χ3v) is 2.73. The van der Waals surface area contributed by atoms with Crippen molar-refractivity contribution in [2.45, 2.75) is 45.2 Å². The molecule has 0 unspecified atom stereocenters. The largest absolute Gasteiger partial charge is 0.480 e. The van der Waals surface area contributed by atoms with E-state index in [1.807, 2.05) is 20.8 Å². The molecule has 1 rings (SSSR count). The van der Waals surface area contributed by atoms with Crippen molar-refractivity contribution in [2.75, 3.05) is 13.1 Å². The molecule has 0 aromatic rings. The summed E-state index contributed by atoms with van der Waals surface area (Å²) in [6.45, 7) is 6.15. The summed E-state index contributed by atoms with van der Waals surface area (Å²) in [4.78, 5) is 24.3. The van der Waals surface area contributed by atoms with Crippen LogP contribution < -0.4 is 5.32 Å². The van der Waals surface area contributed by atoms with Crippen molar-refractivity contribution in [3.63, 3.8) is 0 Å². The number of rotatable bonds is 3. The van der Waals surface area contributed by atoms with E-state index in [1.165, 1.54) is 4.90 Å².